The summed E-state index contributed by atoms with van der Waals surface area (Å²) in [7, 11) is 0. The maximum atomic E-state index is 13.0. The average molecular weight is 349 g/mol. The van der Waals surface area contributed by atoms with Gasteiger partial charge in [-0.3, -0.25) is 0 Å². The number of amidine groups is 1. The first kappa shape index (κ1) is 18.3. The van der Waals surface area contributed by atoms with E-state index >= 15 is 0 Å². The third-order valence-electron chi connectivity index (χ3n) is 5.73. The maximum Gasteiger partial charge on any atom is 0.245 e. The largest absolute Gasteiger partial charge is 0.402 e. The van der Waals surface area contributed by atoms with Crippen LogP contribution in [-0.2, 0) is 0 Å². The number of hydrogen-bond acceptors (Lipinski definition) is 3. The summed E-state index contributed by atoms with van der Waals surface area (Å²) in [5, 5.41) is 0. The van der Waals surface area contributed by atoms with Crippen molar-refractivity contribution in [2.24, 2.45) is 33.5 Å². The molecule has 2 atom stereocenters. The summed E-state index contributed by atoms with van der Waals surface area (Å²) in [5.74, 6) is 0.119. The van der Waals surface area contributed by atoms with E-state index < -0.39 is 5.92 Å². The molecule has 2 unspecified atom stereocenters. The van der Waals surface area contributed by atoms with Crippen molar-refractivity contribution in [2.75, 3.05) is 0 Å². The lowest BCUT2D eigenvalue weighted by Crippen LogP contribution is -2.28. The van der Waals surface area contributed by atoms with E-state index in [1.165, 1.54) is 32.1 Å². The van der Waals surface area contributed by atoms with Gasteiger partial charge in [-0.2, -0.15) is 0 Å². The molecular weight excluding hydrogens is 320 g/mol. The predicted octanol–water partition coefficient (Wildman–Crippen LogP) is 5.24. The van der Waals surface area contributed by atoms with E-state index in [2.05, 4.69) is 6.08 Å². The first-order valence-corrected chi connectivity index (χ1v) is 9.48. The minimum absolute atomic E-state index is 0.187. The molecule has 3 rings (SSSR count). The Morgan fingerprint density at radius 3 is 2.56 bits per heavy atom. The number of allylic oxidation sites excluding steroid dienone is 4. The zero-order valence-corrected chi connectivity index (χ0v) is 15.3. The molecule has 2 aliphatic carbocycles. The molecule has 0 amide bonds. The maximum absolute atomic E-state index is 13.0. The van der Waals surface area contributed by atoms with Gasteiger partial charge in [0.05, 0.1) is 0 Å². The second-order valence-corrected chi connectivity index (χ2v) is 7.97. The molecule has 0 aromatic rings. The molecule has 1 heterocycles. The van der Waals surface area contributed by atoms with Crippen LogP contribution in [0.1, 0.15) is 65.2 Å². The Kier molecular flexibility index (Phi) is 5.40. The van der Waals surface area contributed by atoms with Crippen LogP contribution in [-0.4, -0.2) is 17.5 Å². The summed E-state index contributed by atoms with van der Waals surface area (Å²) in [4.78, 5) is 9.63. The Bertz CT molecular complexity index is 609. The fourth-order valence-electron chi connectivity index (χ4n) is 4.47. The van der Waals surface area contributed by atoms with Gasteiger partial charge < -0.3 is 5.73 Å². The molecule has 2 fully saturated rings. The van der Waals surface area contributed by atoms with Crippen molar-refractivity contribution >= 4 is 11.5 Å². The Hall–Kier alpha value is -1.52. The molecule has 0 spiro atoms. The minimum atomic E-state index is -2.69. The van der Waals surface area contributed by atoms with Crippen LogP contribution < -0.4 is 5.73 Å². The SMILES string of the molecule is CC1=CCC(C=C(N)CCC(C)(F)F)=NC(C2C3CCCC2CC3)=N1. The summed E-state index contributed by atoms with van der Waals surface area (Å²) >= 11 is 0. The molecule has 3 nitrogen and oxygen atoms in total. The number of halogens is 2. The van der Waals surface area contributed by atoms with Gasteiger partial charge in [-0.25, -0.2) is 18.8 Å². The number of rotatable bonds is 5. The third kappa shape index (κ3) is 4.77. The van der Waals surface area contributed by atoms with Crippen LogP contribution in [0.4, 0.5) is 8.78 Å². The normalized spacial score (nSPS) is 30.5. The Morgan fingerprint density at radius 2 is 1.92 bits per heavy atom. The monoisotopic (exact) mass is 349 g/mol. The van der Waals surface area contributed by atoms with Crippen LogP contribution in [0.3, 0.4) is 0 Å². The van der Waals surface area contributed by atoms with Gasteiger partial charge in [0.25, 0.3) is 0 Å². The summed E-state index contributed by atoms with van der Waals surface area (Å²) in [6.07, 6.45) is 10.9. The van der Waals surface area contributed by atoms with Crippen molar-refractivity contribution in [3.05, 3.63) is 23.5 Å². The summed E-state index contributed by atoms with van der Waals surface area (Å²) in [6.45, 7) is 2.94. The molecule has 0 aromatic carbocycles. The lowest BCUT2D eigenvalue weighted by Gasteiger charge is -2.29. The van der Waals surface area contributed by atoms with Crippen molar-refractivity contribution < 1.29 is 8.78 Å². The minimum Gasteiger partial charge on any atom is -0.402 e. The lowest BCUT2D eigenvalue weighted by atomic mass is 9.78. The smallest absolute Gasteiger partial charge is 0.245 e. The number of fused-ring (bicyclic) bond motifs is 2. The second kappa shape index (κ2) is 7.38. The number of nitrogens with two attached hydrogens (primary N) is 1. The fraction of sp³-hybridized carbons (Fsp3) is 0.700. The lowest BCUT2D eigenvalue weighted by molar-refractivity contribution is 0.0132. The molecule has 0 radical (unpaired) electrons. The Morgan fingerprint density at radius 1 is 1.24 bits per heavy atom. The summed E-state index contributed by atoms with van der Waals surface area (Å²) in [5.41, 5.74) is 8.28. The highest BCUT2D eigenvalue weighted by Gasteiger charge is 2.42. The van der Waals surface area contributed by atoms with Crippen LogP contribution >= 0.6 is 0 Å². The van der Waals surface area contributed by atoms with Crippen molar-refractivity contribution in [2.45, 2.75) is 71.1 Å². The quantitative estimate of drug-likeness (QED) is 0.725. The first-order valence-electron chi connectivity index (χ1n) is 9.48. The molecule has 2 bridgehead atoms. The zero-order valence-electron chi connectivity index (χ0n) is 15.3. The van der Waals surface area contributed by atoms with E-state index in [0.717, 1.165) is 24.2 Å². The average Bonchev–Trinajstić information content (AvgIpc) is 2.70. The van der Waals surface area contributed by atoms with Crippen molar-refractivity contribution in [3.63, 3.8) is 0 Å². The highest BCUT2D eigenvalue weighted by atomic mass is 19.3. The fourth-order valence-corrected chi connectivity index (χ4v) is 4.47. The van der Waals surface area contributed by atoms with Crippen LogP contribution in [0, 0.1) is 17.8 Å². The van der Waals surface area contributed by atoms with Crippen molar-refractivity contribution in [1.29, 1.82) is 0 Å². The van der Waals surface area contributed by atoms with E-state index in [9.17, 15) is 8.78 Å². The number of hydrogen-bond donors (Lipinski definition) is 1. The zero-order chi connectivity index (χ0) is 18.0. The molecule has 0 saturated heterocycles. The van der Waals surface area contributed by atoms with E-state index in [1.54, 1.807) is 6.08 Å². The number of nitrogens with zero attached hydrogens (tertiary/aromatic N) is 2. The molecule has 138 valence electrons. The Balaban J connectivity index is 1.78. The third-order valence-corrected chi connectivity index (χ3v) is 5.73. The molecule has 3 aliphatic rings. The van der Waals surface area contributed by atoms with E-state index in [-0.39, 0.29) is 12.8 Å². The van der Waals surface area contributed by atoms with Gasteiger partial charge in [0, 0.05) is 35.9 Å². The molecular formula is C20H29F2N3. The van der Waals surface area contributed by atoms with Gasteiger partial charge in [-0.1, -0.05) is 12.5 Å². The van der Waals surface area contributed by atoms with Crippen LogP contribution in [0.15, 0.2) is 33.5 Å². The van der Waals surface area contributed by atoms with Gasteiger partial charge in [-0.15, -0.1) is 0 Å². The molecule has 1 aliphatic heterocycles. The van der Waals surface area contributed by atoms with Gasteiger partial charge in [0.15, 0.2) is 0 Å². The van der Waals surface area contributed by atoms with Gasteiger partial charge in [-0.05, 0) is 63.9 Å². The highest BCUT2D eigenvalue weighted by Crippen LogP contribution is 2.48. The van der Waals surface area contributed by atoms with Crippen LogP contribution in [0.2, 0.25) is 0 Å². The molecule has 25 heavy (non-hydrogen) atoms. The molecule has 2 N–H and O–H groups in total. The summed E-state index contributed by atoms with van der Waals surface area (Å²) in [6, 6.07) is 0. The van der Waals surface area contributed by atoms with Gasteiger partial charge in [0.2, 0.25) is 5.92 Å². The number of alkyl halides is 2. The number of aliphatic imine (C=N–C) groups is 2. The summed E-state index contributed by atoms with van der Waals surface area (Å²) < 4.78 is 26.1. The topological polar surface area (TPSA) is 50.7 Å². The molecule has 2 saturated carbocycles. The van der Waals surface area contributed by atoms with E-state index in [4.69, 9.17) is 15.7 Å². The van der Waals surface area contributed by atoms with Crippen LogP contribution in [0.5, 0.6) is 0 Å². The second-order valence-electron chi connectivity index (χ2n) is 7.97. The predicted molar refractivity (Wildman–Crippen MR) is 98.9 cm³/mol. The van der Waals surface area contributed by atoms with Gasteiger partial charge in [0.1, 0.15) is 5.84 Å². The standard InChI is InChI=1S/C20H29F2N3/c1-13-6-9-17(12-16(23)10-11-20(2,21)22)25-19(24-13)18-14-4-3-5-15(18)8-7-14/h6,12,14-15,18H,3-5,7-11,23H2,1-2H3. The van der Waals surface area contributed by atoms with E-state index in [1.807, 2.05) is 6.92 Å². The van der Waals surface area contributed by atoms with Gasteiger partial charge >= 0.3 is 0 Å². The van der Waals surface area contributed by atoms with Crippen molar-refractivity contribution in [1.82, 2.24) is 0 Å². The Labute approximate surface area is 149 Å². The highest BCUT2D eigenvalue weighted by molar-refractivity contribution is 6.06. The van der Waals surface area contributed by atoms with Crippen LogP contribution in [0.25, 0.3) is 0 Å². The molecule has 5 heteroatoms. The first-order chi connectivity index (χ1) is 11.8. The molecule has 0 aromatic heterocycles. The van der Waals surface area contributed by atoms with E-state index in [0.29, 0.717) is 29.9 Å². The van der Waals surface area contributed by atoms with Crippen molar-refractivity contribution in [3.8, 4) is 0 Å².